The second-order valence-electron chi connectivity index (χ2n) is 5.95. The van der Waals surface area contributed by atoms with Crippen molar-refractivity contribution < 1.29 is 9.47 Å². The summed E-state index contributed by atoms with van der Waals surface area (Å²) in [5.74, 6) is 2.51. The van der Waals surface area contributed by atoms with E-state index in [9.17, 15) is 0 Å². The quantitative estimate of drug-likeness (QED) is 0.876. The van der Waals surface area contributed by atoms with E-state index in [4.69, 9.17) is 9.47 Å². The lowest BCUT2D eigenvalue weighted by Crippen LogP contribution is -2.27. The Hall–Kier alpha value is -1.22. The van der Waals surface area contributed by atoms with Gasteiger partial charge in [0.1, 0.15) is 11.5 Å². The van der Waals surface area contributed by atoms with Gasteiger partial charge in [-0.3, -0.25) is 0 Å². The van der Waals surface area contributed by atoms with E-state index in [0.717, 1.165) is 11.5 Å². The molecule has 0 spiro atoms. The SMILES string of the molecule is CNC(c1c(OC)cccc1OC)C1CCCCCCC1. The number of ether oxygens (including phenoxy) is 2. The fourth-order valence-electron chi connectivity index (χ4n) is 3.62. The van der Waals surface area contributed by atoms with Crippen LogP contribution in [0.15, 0.2) is 18.2 Å². The summed E-state index contributed by atoms with van der Waals surface area (Å²) in [6.07, 6.45) is 9.38. The number of nitrogens with one attached hydrogen (secondary N) is 1. The third kappa shape index (κ3) is 3.91. The molecule has 1 atom stereocenters. The summed E-state index contributed by atoms with van der Waals surface area (Å²) in [6.45, 7) is 0. The fraction of sp³-hybridized carbons (Fsp3) is 0.667. The van der Waals surface area contributed by atoms with Crippen LogP contribution >= 0.6 is 0 Å². The Bertz CT molecular complexity index is 403. The van der Waals surface area contributed by atoms with Crippen molar-refractivity contribution in [1.29, 1.82) is 0 Å². The Morgan fingerprint density at radius 3 is 1.95 bits per heavy atom. The summed E-state index contributed by atoms with van der Waals surface area (Å²) in [5, 5.41) is 3.53. The predicted molar refractivity (Wildman–Crippen MR) is 87.2 cm³/mol. The van der Waals surface area contributed by atoms with Crippen LogP contribution in [0.4, 0.5) is 0 Å². The molecule has 2 rings (SSSR count). The summed E-state index contributed by atoms with van der Waals surface area (Å²) in [5.41, 5.74) is 1.18. The molecule has 3 heteroatoms. The van der Waals surface area contributed by atoms with Crippen LogP contribution in [0.2, 0.25) is 0 Å². The van der Waals surface area contributed by atoms with Crippen LogP contribution in [0.5, 0.6) is 11.5 Å². The van der Waals surface area contributed by atoms with Crippen LogP contribution in [0.25, 0.3) is 0 Å². The Morgan fingerprint density at radius 2 is 1.48 bits per heavy atom. The first-order valence-electron chi connectivity index (χ1n) is 8.20. The highest BCUT2D eigenvalue weighted by Gasteiger charge is 2.27. The molecule has 21 heavy (non-hydrogen) atoms. The Morgan fingerprint density at radius 1 is 0.952 bits per heavy atom. The standard InChI is InChI=1S/C18H29NO2/c1-19-18(14-10-7-5-4-6-8-11-14)17-15(20-2)12-9-13-16(17)21-3/h9,12-14,18-19H,4-8,10-11H2,1-3H3. The van der Waals surface area contributed by atoms with Crippen molar-refractivity contribution in [3.8, 4) is 11.5 Å². The van der Waals surface area contributed by atoms with Crippen molar-refractivity contribution >= 4 is 0 Å². The molecule has 1 saturated carbocycles. The second kappa shape index (κ2) is 8.28. The maximum atomic E-state index is 5.60. The molecule has 3 nitrogen and oxygen atoms in total. The molecule has 1 fully saturated rings. The minimum Gasteiger partial charge on any atom is -0.496 e. The first-order valence-corrected chi connectivity index (χ1v) is 8.20. The third-order valence-electron chi connectivity index (χ3n) is 4.71. The first-order chi connectivity index (χ1) is 10.3. The molecule has 0 saturated heterocycles. The van der Waals surface area contributed by atoms with E-state index in [1.807, 2.05) is 18.2 Å². The molecule has 1 aromatic rings. The van der Waals surface area contributed by atoms with Gasteiger partial charge in [-0.25, -0.2) is 0 Å². The molecule has 1 N–H and O–H groups in total. The molecule has 1 aliphatic carbocycles. The van der Waals surface area contributed by atoms with Gasteiger partial charge in [0.15, 0.2) is 0 Å². The maximum absolute atomic E-state index is 5.60. The molecule has 0 bridgehead atoms. The van der Waals surface area contributed by atoms with E-state index >= 15 is 0 Å². The lowest BCUT2D eigenvalue weighted by atomic mass is 9.82. The summed E-state index contributed by atoms with van der Waals surface area (Å²) in [6, 6.07) is 6.36. The lowest BCUT2D eigenvalue weighted by Gasteiger charge is -2.31. The van der Waals surface area contributed by atoms with Gasteiger partial charge < -0.3 is 14.8 Å². The van der Waals surface area contributed by atoms with Gasteiger partial charge in [0, 0.05) is 6.04 Å². The Kier molecular flexibility index (Phi) is 6.37. The largest absolute Gasteiger partial charge is 0.496 e. The van der Waals surface area contributed by atoms with E-state index in [1.54, 1.807) is 14.2 Å². The van der Waals surface area contributed by atoms with Crippen LogP contribution in [0.1, 0.15) is 56.6 Å². The second-order valence-corrected chi connectivity index (χ2v) is 5.95. The van der Waals surface area contributed by atoms with Crippen molar-refractivity contribution in [1.82, 2.24) is 5.32 Å². The average Bonchev–Trinajstić information content (AvgIpc) is 2.49. The molecule has 1 unspecified atom stereocenters. The summed E-state index contributed by atoms with van der Waals surface area (Å²) in [4.78, 5) is 0. The highest BCUT2D eigenvalue weighted by atomic mass is 16.5. The zero-order chi connectivity index (χ0) is 15.1. The zero-order valence-electron chi connectivity index (χ0n) is 13.7. The summed E-state index contributed by atoms with van der Waals surface area (Å²) >= 11 is 0. The van der Waals surface area contributed by atoms with Gasteiger partial charge in [-0.05, 0) is 37.9 Å². The van der Waals surface area contributed by atoms with Crippen LogP contribution < -0.4 is 14.8 Å². The Balaban J connectivity index is 2.30. The highest BCUT2D eigenvalue weighted by molar-refractivity contribution is 5.47. The number of methoxy groups -OCH3 is 2. The number of hydrogen-bond donors (Lipinski definition) is 1. The van der Waals surface area contributed by atoms with Gasteiger partial charge in [-0.15, -0.1) is 0 Å². The van der Waals surface area contributed by atoms with Crippen LogP contribution in [-0.2, 0) is 0 Å². The van der Waals surface area contributed by atoms with E-state index < -0.39 is 0 Å². The minimum atomic E-state index is 0.300. The van der Waals surface area contributed by atoms with Gasteiger partial charge in [-0.1, -0.05) is 38.2 Å². The van der Waals surface area contributed by atoms with Crippen LogP contribution in [0.3, 0.4) is 0 Å². The summed E-state index contributed by atoms with van der Waals surface area (Å²) < 4.78 is 11.2. The third-order valence-corrected chi connectivity index (χ3v) is 4.71. The summed E-state index contributed by atoms with van der Waals surface area (Å²) in [7, 11) is 5.53. The Labute approximate surface area is 129 Å². The smallest absolute Gasteiger partial charge is 0.127 e. The normalized spacial score (nSPS) is 18.6. The predicted octanol–water partition coefficient (Wildman–Crippen LogP) is 4.32. The zero-order valence-corrected chi connectivity index (χ0v) is 13.7. The number of hydrogen-bond acceptors (Lipinski definition) is 3. The van der Waals surface area contributed by atoms with Crippen LogP contribution in [0, 0.1) is 5.92 Å². The van der Waals surface area contributed by atoms with Gasteiger partial charge >= 0.3 is 0 Å². The molecule has 0 amide bonds. The fourth-order valence-corrected chi connectivity index (χ4v) is 3.62. The van der Waals surface area contributed by atoms with Gasteiger partial charge in [0.25, 0.3) is 0 Å². The first kappa shape index (κ1) is 16.2. The van der Waals surface area contributed by atoms with Crippen molar-refractivity contribution in [3.05, 3.63) is 23.8 Å². The molecule has 118 valence electrons. The minimum absolute atomic E-state index is 0.300. The van der Waals surface area contributed by atoms with E-state index in [-0.39, 0.29) is 0 Å². The number of rotatable bonds is 5. The van der Waals surface area contributed by atoms with E-state index in [2.05, 4.69) is 12.4 Å². The van der Waals surface area contributed by atoms with Gasteiger partial charge in [0.2, 0.25) is 0 Å². The van der Waals surface area contributed by atoms with E-state index in [1.165, 1.54) is 50.5 Å². The average molecular weight is 291 g/mol. The van der Waals surface area contributed by atoms with Crippen molar-refractivity contribution in [2.24, 2.45) is 5.92 Å². The topological polar surface area (TPSA) is 30.5 Å². The molecule has 1 aliphatic rings. The lowest BCUT2D eigenvalue weighted by molar-refractivity contribution is 0.283. The maximum Gasteiger partial charge on any atom is 0.127 e. The highest BCUT2D eigenvalue weighted by Crippen LogP contribution is 2.41. The molecule has 0 aromatic heterocycles. The molecule has 1 aromatic carbocycles. The van der Waals surface area contributed by atoms with Gasteiger partial charge in [0.05, 0.1) is 19.8 Å². The van der Waals surface area contributed by atoms with E-state index in [0.29, 0.717) is 12.0 Å². The molecule has 0 radical (unpaired) electrons. The van der Waals surface area contributed by atoms with Crippen molar-refractivity contribution in [2.75, 3.05) is 21.3 Å². The van der Waals surface area contributed by atoms with Crippen molar-refractivity contribution in [2.45, 2.75) is 51.0 Å². The molecule has 0 aliphatic heterocycles. The van der Waals surface area contributed by atoms with Crippen molar-refractivity contribution in [3.63, 3.8) is 0 Å². The van der Waals surface area contributed by atoms with Gasteiger partial charge in [-0.2, -0.15) is 0 Å². The number of benzene rings is 1. The molecule has 0 heterocycles. The monoisotopic (exact) mass is 291 g/mol. The molecular weight excluding hydrogens is 262 g/mol. The molecular formula is C18H29NO2. The van der Waals surface area contributed by atoms with Crippen LogP contribution in [-0.4, -0.2) is 21.3 Å².